The lowest BCUT2D eigenvalue weighted by Gasteiger charge is -2.32. The fourth-order valence-corrected chi connectivity index (χ4v) is 2.90. The van der Waals surface area contributed by atoms with E-state index in [-0.39, 0.29) is 5.91 Å². The summed E-state index contributed by atoms with van der Waals surface area (Å²) in [4.78, 5) is 23.0. The minimum Gasteiger partial charge on any atom is -0.304 e. The number of likely N-dealkylation sites (N-methyl/N-ethyl adjacent to an activating group) is 1. The Hall–Kier alpha value is -1.70. The molecule has 0 radical (unpaired) electrons. The number of hydrogen-bond donors (Lipinski definition) is 1. The van der Waals surface area contributed by atoms with Gasteiger partial charge < -0.3 is 4.90 Å². The summed E-state index contributed by atoms with van der Waals surface area (Å²) < 4.78 is 0. The Morgan fingerprint density at radius 1 is 1.27 bits per heavy atom. The van der Waals surface area contributed by atoms with Gasteiger partial charge in [0.2, 0.25) is 5.91 Å². The van der Waals surface area contributed by atoms with Crippen molar-refractivity contribution in [2.45, 2.75) is 5.16 Å². The summed E-state index contributed by atoms with van der Waals surface area (Å²) in [5.74, 6) is 0.316. The summed E-state index contributed by atoms with van der Waals surface area (Å²) in [7, 11) is 2.09. The monoisotopic (exact) mass is 317 g/mol. The zero-order chi connectivity index (χ0) is 15.4. The molecule has 2 heterocycles. The number of piperazine rings is 1. The molecule has 6 nitrogen and oxygen atoms in total. The van der Waals surface area contributed by atoms with Gasteiger partial charge in [-0.25, -0.2) is 15.0 Å². The third kappa shape index (κ3) is 3.94. The van der Waals surface area contributed by atoms with Crippen LogP contribution in [0.15, 0.2) is 35.6 Å². The van der Waals surface area contributed by atoms with Crippen LogP contribution in [-0.4, -0.2) is 64.8 Å². The van der Waals surface area contributed by atoms with Crippen molar-refractivity contribution in [1.82, 2.24) is 25.3 Å². The molecule has 0 atom stereocenters. The molecule has 1 aromatic heterocycles. The van der Waals surface area contributed by atoms with Gasteiger partial charge in [0.1, 0.15) is 0 Å². The summed E-state index contributed by atoms with van der Waals surface area (Å²) in [6, 6.07) is 7.83. The number of hydrogen-bond acceptors (Lipinski definition) is 6. The number of aromatic nitrogens is 2. The van der Waals surface area contributed by atoms with Crippen LogP contribution in [0, 0.1) is 0 Å². The second-order valence-electron chi connectivity index (χ2n) is 5.33. The highest BCUT2D eigenvalue weighted by molar-refractivity contribution is 7.99. The SMILES string of the molecule is CN1CCN(NC(=O)CSc2ncc3ccccc3n2)CC1. The van der Waals surface area contributed by atoms with Crippen molar-refractivity contribution in [2.75, 3.05) is 39.0 Å². The molecule has 0 unspecified atom stereocenters. The maximum Gasteiger partial charge on any atom is 0.244 e. The van der Waals surface area contributed by atoms with Gasteiger partial charge in [0.05, 0.1) is 11.3 Å². The standard InChI is InChI=1S/C15H19N5OS/c1-19-6-8-20(9-7-19)18-14(21)11-22-15-16-10-12-4-2-3-5-13(12)17-15/h2-5,10H,6-9,11H2,1H3,(H,18,21). The maximum atomic E-state index is 12.0. The molecule has 0 spiro atoms. The highest BCUT2D eigenvalue weighted by atomic mass is 32.2. The summed E-state index contributed by atoms with van der Waals surface area (Å²) in [6.45, 7) is 3.67. The summed E-state index contributed by atoms with van der Waals surface area (Å²) in [5.41, 5.74) is 3.84. The number of rotatable bonds is 4. The number of carbonyl (C=O) groups is 1. The van der Waals surface area contributed by atoms with Crippen molar-refractivity contribution < 1.29 is 4.79 Å². The lowest BCUT2D eigenvalue weighted by atomic mass is 10.2. The summed E-state index contributed by atoms with van der Waals surface area (Å²) in [6.07, 6.45) is 1.79. The third-order valence-electron chi connectivity index (χ3n) is 3.59. The lowest BCUT2D eigenvalue weighted by Crippen LogP contribution is -2.52. The molecule has 0 saturated carbocycles. The van der Waals surface area contributed by atoms with E-state index in [1.165, 1.54) is 11.8 Å². The average molecular weight is 317 g/mol. The van der Waals surface area contributed by atoms with Crippen molar-refractivity contribution in [3.8, 4) is 0 Å². The molecule has 116 valence electrons. The molecule has 1 fully saturated rings. The van der Waals surface area contributed by atoms with Crippen LogP contribution in [0.2, 0.25) is 0 Å². The molecule has 7 heteroatoms. The minimum absolute atomic E-state index is 0.00804. The molecule has 1 aliphatic rings. The third-order valence-corrected chi connectivity index (χ3v) is 4.45. The van der Waals surface area contributed by atoms with Crippen molar-refractivity contribution >= 4 is 28.6 Å². The van der Waals surface area contributed by atoms with Gasteiger partial charge in [-0.1, -0.05) is 30.0 Å². The normalized spacial score (nSPS) is 16.8. The largest absolute Gasteiger partial charge is 0.304 e. The van der Waals surface area contributed by atoms with E-state index in [9.17, 15) is 4.79 Å². The van der Waals surface area contributed by atoms with E-state index in [0.717, 1.165) is 37.1 Å². The Labute approximate surface area is 133 Å². The fraction of sp³-hybridized carbons (Fsp3) is 0.400. The van der Waals surface area contributed by atoms with E-state index < -0.39 is 0 Å². The number of carbonyl (C=O) groups excluding carboxylic acids is 1. The van der Waals surface area contributed by atoms with E-state index >= 15 is 0 Å². The molecule has 2 aromatic rings. The molecule has 1 saturated heterocycles. The molecule has 0 bridgehead atoms. The topological polar surface area (TPSA) is 61.4 Å². The van der Waals surface area contributed by atoms with E-state index in [4.69, 9.17) is 0 Å². The number of nitrogens with one attached hydrogen (secondary N) is 1. The van der Waals surface area contributed by atoms with Crippen LogP contribution in [0.4, 0.5) is 0 Å². The molecule has 1 N–H and O–H groups in total. The predicted octanol–water partition coefficient (Wildman–Crippen LogP) is 1.00. The van der Waals surface area contributed by atoms with Crippen LogP contribution in [0.5, 0.6) is 0 Å². The van der Waals surface area contributed by atoms with Gasteiger partial charge in [-0.3, -0.25) is 10.2 Å². The Morgan fingerprint density at radius 3 is 2.86 bits per heavy atom. The zero-order valence-corrected chi connectivity index (χ0v) is 13.3. The fourth-order valence-electron chi connectivity index (χ4n) is 2.28. The van der Waals surface area contributed by atoms with E-state index in [2.05, 4.69) is 27.3 Å². The molecular weight excluding hydrogens is 298 g/mol. The maximum absolute atomic E-state index is 12.0. The molecule has 22 heavy (non-hydrogen) atoms. The van der Waals surface area contributed by atoms with Crippen LogP contribution in [0.25, 0.3) is 10.9 Å². The van der Waals surface area contributed by atoms with Gasteiger partial charge >= 0.3 is 0 Å². The number of fused-ring (bicyclic) bond motifs is 1. The number of thioether (sulfide) groups is 1. The highest BCUT2D eigenvalue weighted by Gasteiger charge is 2.15. The van der Waals surface area contributed by atoms with E-state index in [1.807, 2.05) is 29.3 Å². The average Bonchev–Trinajstić information content (AvgIpc) is 2.55. The van der Waals surface area contributed by atoms with Crippen LogP contribution in [0.1, 0.15) is 0 Å². The quantitative estimate of drug-likeness (QED) is 0.670. The Balaban J connectivity index is 1.51. The first kappa shape index (κ1) is 15.2. The van der Waals surface area contributed by atoms with Gasteiger partial charge in [-0.2, -0.15) is 0 Å². The first-order valence-corrected chi connectivity index (χ1v) is 8.27. The van der Waals surface area contributed by atoms with Gasteiger partial charge in [-0.05, 0) is 13.1 Å². The molecule has 1 aliphatic heterocycles. The Kier molecular flexibility index (Phi) is 4.87. The molecule has 3 rings (SSSR count). The van der Waals surface area contributed by atoms with Crippen LogP contribution >= 0.6 is 11.8 Å². The van der Waals surface area contributed by atoms with Gasteiger partial charge in [0.25, 0.3) is 0 Å². The number of para-hydroxylation sites is 1. The smallest absolute Gasteiger partial charge is 0.244 e. The van der Waals surface area contributed by atoms with Crippen LogP contribution < -0.4 is 5.43 Å². The molecular formula is C15H19N5OS. The first-order chi connectivity index (χ1) is 10.7. The zero-order valence-electron chi connectivity index (χ0n) is 12.5. The summed E-state index contributed by atoms with van der Waals surface area (Å²) in [5, 5.41) is 3.62. The van der Waals surface area contributed by atoms with Crippen molar-refractivity contribution in [3.05, 3.63) is 30.5 Å². The second-order valence-corrected chi connectivity index (χ2v) is 6.27. The van der Waals surface area contributed by atoms with Crippen molar-refractivity contribution in [3.63, 3.8) is 0 Å². The minimum atomic E-state index is -0.00804. The number of hydrazine groups is 1. The number of amides is 1. The molecule has 1 aromatic carbocycles. The van der Waals surface area contributed by atoms with Gasteiger partial charge in [0.15, 0.2) is 5.16 Å². The number of benzene rings is 1. The van der Waals surface area contributed by atoms with Crippen molar-refractivity contribution in [2.24, 2.45) is 0 Å². The van der Waals surface area contributed by atoms with Crippen LogP contribution in [-0.2, 0) is 4.79 Å². The molecule has 1 amide bonds. The Morgan fingerprint density at radius 2 is 2.05 bits per heavy atom. The molecule has 0 aliphatic carbocycles. The Bertz CT molecular complexity index is 657. The first-order valence-electron chi connectivity index (χ1n) is 7.28. The van der Waals surface area contributed by atoms with E-state index in [1.54, 1.807) is 6.20 Å². The lowest BCUT2D eigenvalue weighted by molar-refractivity contribution is -0.124. The number of nitrogens with zero attached hydrogens (tertiary/aromatic N) is 4. The highest BCUT2D eigenvalue weighted by Crippen LogP contribution is 2.16. The summed E-state index contributed by atoms with van der Waals surface area (Å²) >= 11 is 1.36. The second kappa shape index (κ2) is 7.04. The van der Waals surface area contributed by atoms with Gasteiger partial charge in [-0.15, -0.1) is 0 Å². The van der Waals surface area contributed by atoms with Crippen LogP contribution in [0.3, 0.4) is 0 Å². The van der Waals surface area contributed by atoms with Crippen molar-refractivity contribution in [1.29, 1.82) is 0 Å². The van der Waals surface area contributed by atoms with Gasteiger partial charge in [0, 0.05) is 37.8 Å². The van der Waals surface area contributed by atoms with E-state index in [0.29, 0.717) is 10.9 Å². The predicted molar refractivity (Wildman–Crippen MR) is 87.5 cm³/mol.